The van der Waals surface area contributed by atoms with Crippen molar-refractivity contribution in [3.8, 4) is 5.69 Å². The number of aromatic nitrogens is 2. The van der Waals surface area contributed by atoms with E-state index in [2.05, 4.69) is 4.98 Å². The molecule has 0 saturated carbocycles. The van der Waals surface area contributed by atoms with Gasteiger partial charge in [0, 0.05) is 11.6 Å². The number of aryl methyl sites for hydroxylation is 1. The number of rotatable bonds is 4. The molecule has 2 heterocycles. The van der Waals surface area contributed by atoms with Crippen LogP contribution >= 0.6 is 11.6 Å². The van der Waals surface area contributed by atoms with Gasteiger partial charge < -0.3 is 10.1 Å². The number of hydrogen-bond donors (Lipinski definition) is 2. The summed E-state index contributed by atoms with van der Waals surface area (Å²) in [5.41, 5.74) is -0.585. The molecule has 8 heteroatoms. The predicted molar refractivity (Wildman–Crippen MR) is 93.9 cm³/mol. The summed E-state index contributed by atoms with van der Waals surface area (Å²) in [5.74, 6) is -1.32. The number of aromatic amines is 1. The highest BCUT2D eigenvalue weighted by Crippen LogP contribution is 2.18. The second kappa shape index (κ2) is 6.85. The fourth-order valence-electron chi connectivity index (χ4n) is 3.02. The van der Waals surface area contributed by atoms with Crippen LogP contribution in [0.4, 0.5) is 0 Å². The first-order valence-corrected chi connectivity index (χ1v) is 8.36. The zero-order chi connectivity index (χ0) is 18.1. The van der Waals surface area contributed by atoms with Crippen LogP contribution < -0.4 is 11.2 Å². The first-order chi connectivity index (χ1) is 11.9. The van der Waals surface area contributed by atoms with Gasteiger partial charge in [-0.1, -0.05) is 17.7 Å². The van der Waals surface area contributed by atoms with Gasteiger partial charge in [0.25, 0.3) is 5.56 Å². The third-order valence-electron chi connectivity index (χ3n) is 4.41. The Morgan fingerprint density at radius 2 is 1.96 bits per heavy atom. The van der Waals surface area contributed by atoms with Crippen LogP contribution in [0.25, 0.3) is 5.69 Å². The minimum atomic E-state index is -1.32. The van der Waals surface area contributed by atoms with E-state index >= 15 is 0 Å². The lowest BCUT2D eigenvalue weighted by molar-refractivity contribution is 0.0687. The first-order valence-electron chi connectivity index (χ1n) is 7.99. The molecule has 0 unspecified atom stereocenters. The minimum absolute atomic E-state index is 0.0747. The number of halogens is 1. The van der Waals surface area contributed by atoms with E-state index in [1.54, 1.807) is 12.1 Å². The predicted octanol–water partition coefficient (Wildman–Crippen LogP) is 1.78. The van der Waals surface area contributed by atoms with E-state index in [4.69, 9.17) is 11.6 Å². The van der Waals surface area contributed by atoms with Crippen molar-refractivity contribution in [2.75, 3.05) is 13.1 Å². The van der Waals surface area contributed by atoms with Gasteiger partial charge in [0.05, 0.1) is 11.3 Å². The standard InChI is InChI=1S/C17H18ClN3O4/c1-10-4-5-11(8-13(10)18)21-15(22)12(9-20-6-2-3-7-20)14(16(23)24)19-17(21)25/h4-5,8H,2-3,6-7,9H2,1H3,(H,19,25)(H,23,24). The number of H-pyrrole nitrogens is 1. The summed E-state index contributed by atoms with van der Waals surface area (Å²) in [4.78, 5) is 41.1. The quantitative estimate of drug-likeness (QED) is 0.863. The van der Waals surface area contributed by atoms with Crippen molar-refractivity contribution in [1.29, 1.82) is 0 Å². The molecule has 1 aromatic heterocycles. The lowest BCUT2D eigenvalue weighted by Gasteiger charge is -2.17. The molecule has 1 aromatic carbocycles. The first kappa shape index (κ1) is 17.4. The summed E-state index contributed by atoms with van der Waals surface area (Å²) in [6, 6.07) is 4.83. The SMILES string of the molecule is Cc1ccc(-n2c(=O)[nH]c(C(=O)O)c(CN3CCCC3)c2=O)cc1Cl. The molecule has 2 aromatic rings. The van der Waals surface area contributed by atoms with Gasteiger partial charge in [-0.25, -0.2) is 14.2 Å². The van der Waals surface area contributed by atoms with E-state index < -0.39 is 17.2 Å². The van der Waals surface area contributed by atoms with E-state index in [0.717, 1.165) is 36.1 Å². The number of likely N-dealkylation sites (tertiary alicyclic amines) is 1. The van der Waals surface area contributed by atoms with Crippen LogP contribution in [0.5, 0.6) is 0 Å². The van der Waals surface area contributed by atoms with Crippen molar-refractivity contribution in [1.82, 2.24) is 14.5 Å². The number of carboxylic acids is 1. The molecule has 0 aliphatic carbocycles. The van der Waals surface area contributed by atoms with Crippen molar-refractivity contribution < 1.29 is 9.90 Å². The highest BCUT2D eigenvalue weighted by Gasteiger charge is 2.23. The Balaban J connectivity index is 2.19. The Morgan fingerprint density at radius 3 is 2.56 bits per heavy atom. The average molecular weight is 364 g/mol. The Morgan fingerprint density at radius 1 is 1.28 bits per heavy atom. The number of aromatic carboxylic acids is 1. The molecule has 0 spiro atoms. The van der Waals surface area contributed by atoms with Crippen LogP contribution in [-0.2, 0) is 6.54 Å². The van der Waals surface area contributed by atoms with Gasteiger partial charge in [0.2, 0.25) is 0 Å². The molecule has 0 amide bonds. The molecule has 1 aliphatic heterocycles. The number of nitrogens with one attached hydrogen (secondary N) is 1. The third kappa shape index (κ3) is 3.38. The normalized spacial score (nSPS) is 14.8. The summed E-state index contributed by atoms with van der Waals surface area (Å²) in [5, 5.41) is 9.80. The fraction of sp³-hybridized carbons (Fsp3) is 0.353. The van der Waals surface area contributed by atoms with Crippen molar-refractivity contribution in [3.05, 3.63) is 60.9 Å². The fourth-order valence-corrected chi connectivity index (χ4v) is 3.20. The van der Waals surface area contributed by atoms with Gasteiger partial charge in [-0.15, -0.1) is 0 Å². The zero-order valence-corrected chi connectivity index (χ0v) is 14.5. The molecule has 3 rings (SSSR count). The Labute approximate surface area is 148 Å². The number of nitrogens with zero attached hydrogens (tertiary/aromatic N) is 2. The molecule has 1 fully saturated rings. The van der Waals surface area contributed by atoms with Crippen LogP contribution in [0.15, 0.2) is 27.8 Å². The van der Waals surface area contributed by atoms with E-state index in [9.17, 15) is 19.5 Å². The van der Waals surface area contributed by atoms with Crippen molar-refractivity contribution in [2.24, 2.45) is 0 Å². The maximum absolute atomic E-state index is 12.9. The molecular formula is C17H18ClN3O4. The van der Waals surface area contributed by atoms with E-state index in [1.165, 1.54) is 6.07 Å². The number of carbonyl (C=O) groups is 1. The molecule has 1 aliphatic rings. The molecule has 132 valence electrons. The van der Waals surface area contributed by atoms with Gasteiger partial charge in [-0.05, 0) is 50.6 Å². The molecule has 1 saturated heterocycles. The highest BCUT2D eigenvalue weighted by molar-refractivity contribution is 6.31. The molecule has 0 bridgehead atoms. The van der Waals surface area contributed by atoms with Crippen LogP contribution in [0.1, 0.15) is 34.5 Å². The summed E-state index contributed by atoms with van der Waals surface area (Å²) >= 11 is 6.10. The van der Waals surface area contributed by atoms with Crippen molar-refractivity contribution in [3.63, 3.8) is 0 Å². The second-order valence-electron chi connectivity index (χ2n) is 6.15. The van der Waals surface area contributed by atoms with E-state index in [1.807, 2.05) is 11.8 Å². The third-order valence-corrected chi connectivity index (χ3v) is 4.81. The second-order valence-corrected chi connectivity index (χ2v) is 6.55. The van der Waals surface area contributed by atoms with E-state index in [0.29, 0.717) is 10.7 Å². The lowest BCUT2D eigenvalue weighted by Crippen LogP contribution is -2.40. The van der Waals surface area contributed by atoms with Crippen LogP contribution in [0.3, 0.4) is 0 Å². The lowest BCUT2D eigenvalue weighted by atomic mass is 10.2. The molecule has 0 radical (unpaired) electrons. The Kier molecular flexibility index (Phi) is 4.78. The number of hydrogen-bond acceptors (Lipinski definition) is 4. The monoisotopic (exact) mass is 363 g/mol. The van der Waals surface area contributed by atoms with Gasteiger partial charge in [-0.3, -0.25) is 9.69 Å². The zero-order valence-electron chi connectivity index (χ0n) is 13.7. The van der Waals surface area contributed by atoms with Crippen LogP contribution in [0.2, 0.25) is 5.02 Å². The molecular weight excluding hydrogens is 346 g/mol. The maximum Gasteiger partial charge on any atom is 0.352 e. The summed E-state index contributed by atoms with van der Waals surface area (Å²) in [6.07, 6.45) is 2.01. The summed E-state index contributed by atoms with van der Waals surface area (Å²) in [7, 11) is 0. The number of carboxylic acid groups (broad SMARTS) is 1. The Bertz CT molecular complexity index is 942. The average Bonchev–Trinajstić information content (AvgIpc) is 3.06. The van der Waals surface area contributed by atoms with Crippen LogP contribution in [0, 0.1) is 6.92 Å². The summed E-state index contributed by atoms with van der Waals surface area (Å²) < 4.78 is 0.934. The topological polar surface area (TPSA) is 95.4 Å². The van der Waals surface area contributed by atoms with Crippen molar-refractivity contribution in [2.45, 2.75) is 26.3 Å². The Hall–Kier alpha value is -2.38. The molecule has 25 heavy (non-hydrogen) atoms. The molecule has 2 N–H and O–H groups in total. The minimum Gasteiger partial charge on any atom is -0.477 e. The smallest absolute Gasteiger partial charge is 0.352 e. The summed E-state index contributed by atoms with van der Waals surface area (Å²) in [6.45, 7) is 3.60. The van der Waals surface area contributed by atoms with Crippen LogP contribution in [-0.4, -0.2) is 38.6 Å². The number of benzene rings is 1. The van der Waals surface area contributed by atoms with Gasteiger partial charge in [-0.2, -0.15) is 0 Å². The maximum atomic E-state index is 12.9. The van der Waals surface area contributed by atoms with Crippen molar-refractivity contribution >= 4 is 17.6 Å². The highest BCUT2D eigenvalue weighted by atomic mass is 35.5. The molecule has 7 nitrogen and oxygen atoms in total. The largest absolute Gasteiger partial charge is 0.477 e. The van der Waals surface area contributed by atoms with Gasteiger partial charge >= 0.3 is 11.7 Å². The van der Waals surface area contributed by atoms with Gasteiger partial charge in [0.1, 0.15) is 5.69 Å². The van der Waals surface area contributed by atoms with E-state index in [-0.39, 0.29) is 17.8 Å². The molecule has 0 atom stereocenters. The van der Waals surface area contributed by atoms with Gasteiger partial charge in [0.15, 0.2) is 0 Å².